The summed E-state index contributed by atoms with van der Waals surface area (Å²) >= 11 is 0. The first-order valence-electron chi connectivity index (χ1n) is 9.78. The Morgan fingerprint density at radius 1 is 1.09 bits per heavy atom. The van der Waals surface area contributed by atoms with Crippen LogP contribution in [0, 0.1) is 0 Å². The molecule has 0 saturated carbocycles. The average molecular weight is 426 g/mol. The van der Waals surface area contributed by atoms with Crippen molar-refractivity contribution < 1.29 is 9.90 Å². The van der Waals surface area contributed by atoms with E-state index < -0.39 is 0 Å². The summed E-state index contributed by atoms with van der Waals surface area (Å²) in [5.41, 5.74) is 4.22. The molecule has 32 heavy (non-hydrogen) atoms. The lowest BCUT2D eigenvalue weighted by Gasteiger charge is -2.10. The fraction of sp³-hybridized carbons (Fsp3) is 0.0455. The molecule has 158 valence electrons. The molecule has 3 aromatic heterocycles. The number of carbonyl (C=O) groups is 1. The van der Waals surface area contributed by atoms with Gasteiger partial charge in [-0.1, -0.05) is 18.2 Å². The van der Waals surface area contributed by atoms with E-state index in [-0.39, 0.29) is 11.7 Å². The lowest BCUT2D eigenvalue weighted by atomic mass is 10.1. The molecule has 3 heterocycles. The van der Waals surface area contributed by atoms with Gasteiger partial charge in [0.1, 0.15) is 12.1 Å². The third-order valence-corrected chi connectivity index (χ3v) is 4.87. The highest BCUT2D eigenvalue weighted by Crippen LogP contribution is 2.24. The second-order valence-electron chi connectivity index (χ2n) is 7.03. The highest BCUT2D eigenvalue weighted by atomic mass is 16.3. The van der Waals surface area contributed by atoms with Crippen molar-refractivity contribution in [3.05, 3.63) is 84.6 Å². The Morgan fingerprint density at radius 2 is 1.97 bits per heavy atom. The summed E-state index contributed by atoms with van der Waals surface area (Å²) in [7, 11) is 0. The molecule has 0 aliphatic heterocycles. The van der Waals surface area contributed by atoms with Crippen LogP contribution in [0.3, 0.4) is 0 Å². The van der Waals surface area contributed by atoms with Crippen molar-refractivity contribution in [1.29, 1.82) is 0 Å². The van der Waals surface area contributed by atoms with Gasteiger partial charge in [0.25, 0.3) is 5.91 Å². The molecule has 0 bridgehead atoms. The Labute approximate surface area is 182 Å². The minimum atomic E-state index is -0.211. The van der Waals surface area contributed by atoms with Crippen molar-refractivity contribution in [3.8, 4) is 17.0 Å². The molecule has 0 atom stereocenters. The molecule has 0 fully saturated rings. The number of rotatable bonds is 6. The number of phenolic OH excluding ortho intramolecular Hbond substituents is 1. The van der Waals surface area contributed by atoms with Crippen LogP contribution < -0.4 is 10.6 Å². The van der Waals surface area contributed by atoms with Crippen molar-refractivity contribution in [2.24, 2.45) is 0 Å². The number of aromatic amines is 1. The Balaban J connectivity index is 1.34. The van der Waals surface area contributed by atoms with Gasteiger partial charge in [0.15, 0.2) is 11.5 Å². The van der Waals surface area contributed by atoms with E-state index in [0.29, 0.717) is 29.3 Å². The molecule has 5 rings (SSSR count). The van der Waals surface area contributed by atoms with E-state index >= 15 is 0 Å². The van der Waals surface area contributed by atoms with Crippen LogP contribution >= 0.6 is 0 Å². The molecule has 1 amide bonds. The summed E-state index contributed by atoms with van der Waals surface area (Å²) < 4.78 is 1.68. The highest BCUT2D eigenvalue weighted by molar-refractivity contribution is 5.95. The second-order valence-corrected chi connectivity index (χ2v) is 7.03. The topological polar surface area (TPSA) is 133 Å². The zero-order valence-electron chi connectivity index (χ0n) is 16.7. The quantitative estimate of drug-likeness (QED) is 0.328. The van der Waals surface area contributed by atoms with Gasteiger partial charge in [-0.05, 0) is 35.9 Å². The smallest absolute Gasteiger partial charge is 0.251 e. The lowest BCUT2D eigenvalue weighted by Crippen LogP contribution is -2.22. The normalized spacial score (nSPS) is 10.9. The molecule has 2 aromatic carbocycles. The molecular weight excluding hydrogens is 408 g/mol. The monoisotopic (exact) mass is 426 g/mol. The van der Waals surface area contributed by atoms with Crippen molar-refractivity contribution in [1.82, 2.24) is 35.1 Å². The van der Waals surface area contributed by atoms with Gasteiger partial charge in [-0.3, -0.25) is 9.89 Å². The number of nitrogens with one attached hydrogen (secondary N) is 3. The minimum Gasteiger partial charge on any atom is -0.508 e. The number of anilines is 2. The van der Waals surface area contributed by atoms with Crippen LogP contribution in [-0.2, 0) is 6.54 Å². The molecule has 0 unspecified atom stereocenters. The summed E-state index contributed by atoms with van der Waals surface area (Å²) in [6.07, 6.45) is 6.58. The maximum Gasteiger partial charge on any atom is 0.251 e. The number of fused-ring (bicyclic) bond motifs is 1. The molecule has 5 aromatic rings. The van der Waals surface area contributed by atoms with E-state index in [4.69, 9.17) is 0 Å². The van der Waals surface area contributed by atoms with Crippen LogP contribution in [0.25, 0.3) is 16.9 Å². The SMILES string of the molecule is O=C(NCc1ccc(O)cc1)c1cccc(Nc2ncc(-c3cn[nH]c3)n3ncnc23)c1. The number of hydrogen-bond acceptors (Lipinski definition) is 7. The number of nitrogens with zero attached hydrogens (tertiary/aromatic N) is 5. The fourth-order valence-electron chi connectivity index (χ4n) is 3.27. The third-order valence-electron chi connectivity index (χ3n) is 4.87. The first-order valence-corrected chi connectivity index (χ1v) is 9.78. The number of carbonyl (C=O) groups excluding carboxylic acids is 1. The van der Waals surface area contributed by atoms with E-state index in [1.54, 1.807) is 65.6 Å². The van der Waals surface area contributed by atoms with Gasteiger partial charge in [-0.2, -0.15) is 10.2 Å². The molecule has 4 N–H and O–H groups in total. The molecular formula is C22H18N8O2. The standard InChI is InChI=1S/C22H18N8O2/c31-18-6-4-14(5-7-18)9-24-22(32)15-2-1-3-17(8-15)29-20-21-25-13-28-30(21)19(12-23-20)16-10-26-27-11-16/h1-8,10-13,31H,9H2,(H,23,29)(H,24,32)(H,26,27). The Kier molecular flexibility index (Phi) is 4.92. The van der Waals surface area contributed by atoms with Crippen molar-refractivity contribution in [2.75, 3.05) is 5.32 Å². The number of aromatic nitrogens is 6. The summed E-state index contributed by atoms with van der Waals surface area (Å²) in [4.78, 5) is 21.4. The number of H-pyrrole nitrogens is 1. The van der Waals surface area contributed by atoms with Gasteiger partial charge >= 0.3 is 0 Å². The lowest BCUT2D eigenvalue weighted by molar-refractivity contribution is 0.0951. The number of benzene rings is 2. The Hall–Kier alpha value is -4.73. The van der Waals surface area contributed by atoms with Crippen molar-refractivity contribution in [2.45, 2.75) is 6.54 Å². The zero-order valence-corrected chi connectivity index (χ0v) is 16.7. The second kappa shape index (κ2) is 8.19. The summed E-state index contributed by atoms with van der Waals surface area (Å²) in [5, 5.41) is 26.5. The van der Waals surface area contributed by atoms with Crippen molar-refractivity contribution >= 4 is 23.1 Å². The first-order chi connectivity index (χ1) is 15.7. The summed E-state index contributed by atoms with van der Waals surface area (Å²) in [5.74, 6) is 0.487. The van der Waals surface area contributed by atoms with Crippen LogP contribution in [0.1, 0.15) is 15.9 Å². The van der Waals surface area contributed by atoms with Gasteiger partial charge in [-0.15, -0.1) is 0 Å². The van der Waals surface area contributed by atoms with E-state index in [2.05, 4.69) is 35.9 Å². The van der Waals surface area contributed by atoms with Gasteiger partial charge in [-0.25, -0.2) is 14.5 Å². The maximum atomic E-state index is 12.6. The number of aromatic hydroxyl groups is 1. The summed E-state index contributed by atoms with van der Waals surface area (Å²) in [6.45, 7) is 0.355. The van der Waals surface area contributed by atoms with Gasteiger partial charge in [0.05, 0.1) is 18.1 Å². The zero-order chi connectivity index (χ0) is 21.9. The van der Waals surface area contributed by atoms with Crippen molar-refractivity contribution in [3.63, 3.8) is 0 Å². The molecule has 10 nitrogen and oxygen atoms in total. The number of amides is 1. The van der Waals surface area contributed by atoms with E-state index in [1.807, 2.05) is 6.07 Å². The molecule has 0 radical (unpaired) electrons. The van der Waals surface area contributed by atoms with Gasteiger partial charge < -0.3 is 15.7 Å². The Morgan fingerprint density at radius 3 is 2.78 bits per heavy atom. The van der Waals surface area contributed by atoms with Crippen LogP contribution in [0.4, 0.5) is 11.5 Å². The molecule has 0 aliphatic rings. The predicted molar refractivity (Wildman–Crippen MR) is 117 cm³/mol. The maximum absolute atomic E-state index is 12.6. The number of phenols is 1. The van der Waals surface area contributed by atoms with Crippen LogP contribution in [-0.4, -0.2) is 40.8 Å². The van der Waals surface area contributed by atoms with Crippen LogP contribution in [0.2, 0.25) is 0 Å². The highest BCUT2D eigenvalue weighted by Gasteiger charge is 2.13. The van der Waals surface area contributed by atoms with E-state index in [9.17, 15) is 9.90 Å². The van der Waals surface area contributed by atoms with Crippen LogP contribution in [0.5, 0.6) is 5.75 Å². The molecule has 10 heteroatoms. The molecule has 0 saturated heterocycles. The molecule has 0 aliphatic carbocycles. The predicted octanol–water partition coefficient (Wildman–Crippen LogP) is 2.89. The van der Waals surface area contributed by atoms with Crippen LogP contribution in [0.15, 0.2) is 73.4 Å². The summed E-state index contributed by atoms with van der Waals surface area (Å²) in [6, 6.07) is 13.8. The Bertz CT molecular complexity index is 1380. The van der Waals surface area contributed by atoms with E-state index in [1.165, 1.54) is 6.33 Å². The third kappa shape index (κ3) is 3.84. The molecule has 0 spiro atoms. The fourth-order valence-corrected chi connectivity index (χ4v) is 3.27. The minimum absolute atomic E-state index is 0.187. The number of hydrogen-bond donors (Lipinski definition) is 4. The first kappa shape index (κ1) is 19.2. The average Bonchev–Trinajstić information content (AvgIpc) is 3.52. The van der Waals surface area contributed by atoms with Gasteiger partial charge in [0, 0.05) is 29.6 Å². The largest absolute Gasteiger partial charge is 0.508 e. The van der Waals surface area contributed by atoms with Gasteiger partial charge in [0.2, 0.25) is 0 Å². The van der Waals surface area contributed by atoms with E-state index in [0.717, 1.165) is 16.8 Å².